The van der Waals surface area contributed by atoms with E-state index in [4.69, 9.17) is 37.8 Å². The number of nitrogens with one attached hydrogen (secondary N) is 1. The predicted octanol–water partition coefficient (Wildman–Crippen LogP) is 5.74. The van der Waals surface area contributed by atoms with Crippen molar-refractivity contribution in [2.45, 2.75) is 16.2 Å². The van der Waals surface area contributed by atoms with Crippen LogP contribution in [0.5, 0.6) is 17.2 Å². The molecule has 0 aliphatic rings. The molecule has 4 rings (SSSR count). The highest BCUT2D eigenvalue weighted by Crippen LogP contribution is 2.39. The Morgan fingerprint density at radius 1 is 1.00 bits per heavy atom. The zero-order valence-electron chi connectivity index (χ0n) is 17.1. The zero-order valence-corrected chi connectivity index (χ0v) is 19.5. The van der Waals surface area contributed by atoms with Gasteiger partial charge in [-0.05, 0) is 60.2 Å². The third-order valence-electron chi connectivity index (χ3n) is 4.91. The van der Waals surface area contributed by atoms with Crippen LogP contribution in [-0.2, 0) is 21.1 Å². The summed E-state index contributed by atoms with van der Waals surface area (Å²) in [5.41, 5.74) is 1.03. The molecule has 170 valence electrons. The van der Waals surface area contributed by atoms with Crippen LogP contribution in [0.1, 0.15) is 5.56 Å². The lowest BCUT2D eigenvalue weighted by Gasteiger charge is -2.12. The van der Waals surface area contributed by atoms with Crippen LogP contribution in [0.15, 0.2) is 70.6 Å². The summed E-state index contributed by atoms with van der Waals surface area (Å²) in [5, 5.41) is 9.66. The van der Waals surface area contributed by atoms with Crippen molar-refractivity contribution >= 4 is 49.9 Å². The molecule has 0 aliphatic heterocycles. The van der Waals surface area contributed by atoms with Gasteiger partial charge in [0.15, 0.2) is 5.75 Å². The maximum atomic E-state index is 13.2. The number of hydrogen-bond donors (Lipinski definition) is 2. The number of ether oxygens (including phenoxy) is 2. The highest BCUT2D eigenvalue weighted by Gasteiger charge is 2.22. The number of methoxy groups -OCH3 is 1. The van der Waals surface area contributed by atoms with Gasteiger partial charge in [-0.1, -0.05) is 23.2 Å². The first-order chi connectivity index (χ1) is 15.7. The van der Waals surface area contributed by atoms with Crippen LogP contribution < -0.4 is 9.47 Å². The van der Waals surface area contributed by atoms with E-state index in [0.717, 1.165) is 0 Å². The minimum atomic E-state index is -3.82. The second-order valence-electron chi connectivity index (χ2n) is 7.10. The summed E-state index contributed by atoms with van der Waals surface area (Å²) in [4.78, 5) is 14.1. The van der Waals surface area contributed by atoms with Gasteiger partial charge in [-0.25, -0.2) is 8.42 Å². The van der Waals surface area contributed by atoms with Crippen LogP contribution in [0.4, 0.5) is 0 Å². The molecule has 0 unspecified atom stereocenters. The average molecular weight is 506 g/mol. The summed E-state index contributed by atoms with van der Waals surface area (Å²) >= 11 is 12.5. The molecular formula is C23H17Cl2NO6S. The summed E-state index contributed by atoms with van der Waals surface area (Å²) in [6.07, 6.45) is 1.19. The predicted molar refractivity (Wildman–Crippen MR) is 125 cm³/mol. The van der Waals surface area contributed by atoms with E-state index < -0.39 is 15.8 Å². The van der Waals surface area contributed by atoms with E-state index in [1.165, 1.54) is 37.6 Å². The van der Waals surface area contributed by atoms with E-state index in [0.29, 0.717) is 28.0 Å². The van der Waals surface area contributed by atoms with Gasteiger partial charge in [0.05, 0.1) is 33.4 Å². The van der Waals surface area contributed by atoms with E-state index in [-0.39, 0.29) is 32.0 Å². The number of carbonyl (C=O) groups is 1. The normalized spacial score (nSPS) is 11.5. The number of halogens is 2. The van der Waals surface area contributed by atoms with Crippen LogP contribution in [0.2, 0.25) is 10.0 Å². The third kappa shape index (κ3) is 4.64. The van der Waals surface area contributed by atoms with Crippen LogP contribution in [-0.4, -0.2) is 31.6 Å². The number of sulfone groups is 1. The van der Waals surface area contributed by atoms with Gasteiger partial charge in [-0.2, -0.15) is 0 Å². The molecule has 0 saturated heterocycles. The molecule has 0 aliphatic carbocycles. The highest BCUT2D eigenvalue weighted by atomic mass is 35.5. The summed E-state index contributed by atoms with van der Waals surface area (Å²) < 4.78 is 37.4. The van der Waals surface area contributed by atoms with E-state index in [1.54, 1.807) is 30.3 Å². The molecular weight excluding hydrogens is 489 g/mol. The maximum absolute atomic E-state index is 13.2. The molecule has 0 atom stereocenters. The Morgan fingerprint density at radius 2 is 1.64 bits per heavy atom. The number of benzene rings is 3. The largest absolute Gasteiger partial charge is 0.497 e. The fourth-order valence-electron chi connectivity index (χ4n) is 3.35. The monoisotopic (exact) mass is 505 g/mol. The van der Waals surface area contributed by atoms with Crippen LogP contribution in [0, 0.1) is 0 Å². The molecule has 10 heteroatoms. The van der Waals surface area contributed by atoms with Crippen molar-refractivity contribution in [3.05, 3.63) is 76.4 Å². The van der Waals surface area contributed by atoms with Crippen LogP contribution in [0.25, 0.3) is 10.9 Å². The van der Waals surface area contributed by atoms with Crippen molar-refractivity contribution in [2.75, 3.05) is 7.11 Å². The van der Waals surface area contributed by atoms with E-state index in [2.05, 4.69) is 4.98 Å². The van der Waals surface area contributed by atoms with Gasteiger partial charge in [0.2, 0.25) is 9.84 Å². The first-order valence-corrected chi connectivity index (χ1v) is 11.8. The topological polar surface area (TPSA) is 106 Å². The molecule has 0 spiro atoms. The minimum absolute atomic E-state index is 0.0853. The molecule has 1 aromatic heterocycles. The second-order valence-corrected chi connectivity index (χ2v) is 9.83. The van der Waals surface area contributed by atoms with Crippen LogP contribution in [0.3, 0.4) is 0 Å². The summed E-state index contributed by atoms with van der Waals surface area (Å²) in [6.45, 7) is 0. The molecule has 3 aromatic carbocycles. The lowest BCUT2D eigenvalue weighted by atomic mass is 10.1. The van der Waals surface area contributed by atoms with Gasteiger partial charge >= 0.3 is 5.97 Å². The van der Waals surface area contributed by atoms with Crippen molar-refractivity contribution in [1.82, 2.24) is 4.98 Å². The van der Waals surface area contributed by atoms with E-state index in [9.17, 15) is 13.2 Å². The molecule has 2 N–H and O–H groups in total. The lowest BCUT2D eigenvalue weighted by Crippen LogP contribution is -2.01. The molecule has 0 bridgehead atoms. The smallest absolute Gasteiger partial charge is 0.307 e. The van der Waals surface area contributed by atoms with Gasteiger partial charge < -0.3 is 19.6 Å². The van der Waals surface area contributed by atoms with Gasteiger partial charge in [0.25, 0.3) is 0 Å². The summed E-state index contributed by atoms with van der Waals surface area (Å²) in [5.74, 6) is -0.0176. The molecule has 7 nitrogen and oxygen atoms in total. The zero-order chi connectivity index (χ0) is 23.8. The molecule has 0 amide bonds. The quantitative estimate of drug-likeness (QED) is 0.332. The van der Waals surface area contributed by atoms with Gasteiger partial charge in [-0.3, -0.25) is 4.79 Å². The Hall–Kier alpha value is -3.20. The van der Waals surface area contributed by atoms with Crippen molar-refractivity contribution in [3.63, 3.8) is 0 Å². The fourth-order valence-corrected chi connectivity index (χ4v) is 5.38. The standard InChI is InChI=1S/C23H17Cl2NO6S/c1-31-14-2-5-16(6-3-14)33(29,30)21-12-26-20-7-4-15(11-17(20)21)32-23-18(24)8-13(9-19(23)25)10-22(27)28/h2-9,11-12,26H,10H2,1H3,(H,27,28). The summed E-state index contributed by atoms with van der Waals surface area (Å²) in [6, 6.07) is 13.9. The van der Waals surface area contributed by atoms with Crippen molar-refractivity contribution in [3.8, 4) is 17.2 Å². The fraction of sp³-hybridized carbons (Fsp3) is 0.0870. The number of H-pyrrole nitrogens is 1. The Morgan fingerprint density at radius 3 is 2.24 bits per heavy atom. The second kappa shape index (κ2) is 8.97. The van der Waals surface area contributed by atoms with E-state index >= 15 is 0 Å². The molecule has 0 radical (unpaired) electrons. The molecule has 4 aromatic rings. The number of carboxylic acid groups (broad SMARTS) is 1. The Labute approximate surface area is 199 Å². The van der Waals surface area contributed by atoms with Crippen molar-refractivity contribution in [2.24, 2.45) is 0 Å². The molecule has 33 heavy (non-hydrogen) atoms. The molecule has 1 heterocycles. The van der Waals surface area contributed by atoms with Gasteiger partial charge in [-0.15, -0.1) is 0 Å². The number of aromatic nitrogens is 1. The van der Waals surface area contributed by atoms with E-state index in [1.807, 2.05) is 0 Å². The number of aliphatic carboxylic acids is 1. The lowest BCUT2D eigenvalue weighted by molar-refractivity contribution is -0.136. The van der Waals surface area contributed by atoms with Gasteiger partial charge in [0.1, 0.15) is 11.5 Å². The summed E-state index contributed by atoms with van der Waals surface area (Å²) in [7, 11) is -2.32. The van der Waals surface area contributed by atoms with Crippen LogP contribution >= 0.6 is 23.2 Å². The Balaban J connectivity index is 1.71. The highest BCUT2D eigenvalue weighted by molar-refractivity contribution is 7.91. The first-order valence-electron chi connectivity index (χ1n) is 9.57. The SMILES string of the molecule is COc1ccc(S(=O)(=O)c2c[nH]c3ccc(Oc4c(Cl)cc(CC(=O)O)cc4Cl)cc23)cc1. The number of carboxylic acids is 1. The van der Waals surface area contributed by atoms with Gasteiger partial charge in [0, 0.05) is 17.1 Å². The Kier molecular flexibility index (Phi) is 6.25. The number of aromatic amines is 1. The Bertz CT molecular complexity index is 1440. The number of hydrogen-bond acceptors (Lipinski definition) is 5. The average Bonchev–Trinajstić information content (AvgIpc) is 3.20. The van der Waals surface area contributed by atoms with Crippen molar-refractivity contribution in [1.29, 1.82) is 0 Å². The van der Waals surface area contributed by atoms with Crippen molar-refractivity contribution < 1.29 is 27.8 Å². The molecule has 0 fully saturated rings. The minimum Gasteiger partial charge on any atom is -0.497 e. The number of rotatable bonds is 7. The maximum Gasteiger partial charge on any atom is 0.307 e. The molecule has 0 saturated carbocycles. The number of fused-ring (bicyclic) bond motifs is 1. The third-order valence-corrected chi connectivity index (χ3v) is 7.28. The first kappa shape index (κ1) is 23.0.